The zero-order chi connectivity index (χ0) is 13.7. The van der Waals surface area contributed by atoms with Gasteiger partial charge in [0, 0.05) is 38.4 Å². The van der Waals surface area contributed by atoms with E-state index in [9.17, 15) is 9.59 Å². The second-order valence-corrected chi connectivity index (χ2v) is 4.40. The molecular formula is C13H18N2O4. The van der Waals surface area contributed by atoms with Gasteiger partial charge < -0.3 is 14.0 Å². The van der Waals surface area contributed by atoms with Crippen LogP contribution in [0.3, 0.4) is 0 Å². The lowest BCUT2D eigenvalue weighted by Crippen LogP contribution is -2.39. The number of ether oxygens (including phenoxy) is 2. The maximum Gasteiger partial charge on any atom is 0.339 e. The van der Waals surface area contributed by atoms with Crippen LogP contribution in [0, 0.1) is 0 Å². The van der Waals surface area contributed by atoms with Crippen LogP contribution in [0.1, 0.15) is 10.4 Å². The molecule has 6 nitrogen and oxygen atoms in total. The number of carbonyl (C=O) groups is 1. The minimum Gasteiger partial charge on any atom is -0.465 e. The van der Waals surface area contributed by atoms with Gasteiger partial charge in [-0.05, 0) is 6.07 Å². The first-order valence-corrected chi connectivity index (χ1v) is 6.29. The molecule has 0 N–H and O–H groups in total. The maximum atomic E-state index is 11.7. The Balaban J connectivity index is 2.02. The van der Waals surface area contributed by atoms with Crippen molar-refractivity contribution in [2.45, 2.75) is 6.54 Å². The molecule has 19 heavy (non-hydrogen) atoms. The number of hydrogen-bond acceptors (Lipinski definition) is 5. The summed E-state index contributed by atoms with van der Waals surface area (Å²) in [7, 11) is 1.32. The van der Waals surface area contributed by atoms with E-state index in [1.807, 2.05) is 0 Å². The standard InChI is InChI=1S/C13H18N2O4/c1-18-13(17)11-2-3-12(16)15(10-11)5-4-14-6-8-19-9-7-14/h2-3,10H,4-9H2,1H3. The first-order chi connectivity index (χ1) is 9.20. The molecule has 1 aliphatic rings. The van der Waals surface area contributed by atoms with Gasteiger partial charge in [-0.25, -0.2) is 4.79 Å². The number of carbonyl (C=O) groups excluding carboxylic acids is 1. The third-order valence-electron chi connectivity index (χ3n) is 3.17. The Hall–Kier alpha value is -1.66. The van der Waals surface area contributed by atoms with Gasteiger partial charge in [0.05, 0.1) is 25.9 Å². The largest absolute Gasteiger partial charge is 0.465 e. The molecule has 0 unspecified atom stereocenters. The molecule has 2 heterocycles. The maximum absolute atomic E-state index is 11.7. The number of nitrogens with zero attached hydrogens (tertiary/aromatic N) is 2. The third kappa shape index (κ3) is 3.65. The molecule has 0 aromatic carbocycles. The number of methoxy groups -OCH3 is 1. The molecule has 0 bridgehead atoms. The fourth-order valence-electron chi connectivity index (χ4n) is 2.02. The Kier molecular flexibility index (Phi) is 4.70. The van der Waals surface area contributed by atoms with Crippen LogP contribution >= 0.6 is 0 Å². The Morgan fingerprint density at radius 3 is 2.74 bits per heavy atom. The van der Waals surface area contributed by atoms with Crippen molar-refractivity contribution in [1.29, 1.82) is 0 Å². The fourth-order valence-corrected chi connectivity index (χ4v) is 2.02. The second kappa shape index (κ2) is 6.49. The van der Waals surface area contributed by atoms with Gasteiger partial charge in [0.15, 0.2) is 0 Å². The summed E-state index contributed by atoms with van der Waals surface area (Å²) in [5.41, 5.74) is 0.282. The van der Waals surface area contributed by atoms with Crippen LogP contribution in [-0.4, -0.2) is 55.4 Å². The average molecular weight is 266 g/mol. The number of pyridine rings is 1. The van der Waals surface area contributed by atoms with Gasteiger partial charge in [-0.3, -0.25) is 9.69 Å². The molecule has 1 aromatic heterocycles. The van der Waals surface area contributed by atoms with Gasteiger partial charge in [-0.15, -0.1) is 0 Å². The van der Waals surface area contributed by atoms with Crippen molar-refractivity contribution in [3.05, 3.63) is 34.2 Å². The molecule has 0 spiro atoms. The van der Waals surface area contributed by atoms with E-state index in [4.69, 9.17) is 4.74 Å². The van der Waals surface area contributed by atoms with Crippen LogP contribution < -0.4 is 5.56 Å². The van der Waals surface area contributed by atoms with E-state index in [1.165, 1.54) is 19.2 Å². The van der Waals surface area contributed by atoms with Crippen LogP contribution in [0.25, 0.3) is 0 Å². The lowest BCUT2D eigenvalue weighted by atomic mass is 10.3. The monoisotopic (exact) mass is 266 g/mol. The predicted molar refractivity (Wildman–Crippen MR) is 69.3 cm³/mol. The molecule has 1 aliphatic heterocycles. The van der Waals surface area contributed by atoms with Crippen molar-refractivity contribution in [2.24, 2.45) is 0 Å². The Labute approximate surface area is 111 Å². The van der Waals surface area contributed by atoms with Gasteiger partial charge in [-0.1, -0.05) is 0 Å². The molecule has 1 aromatic rings. The highest BCUT2D eigenvalue weighted by Crippen LogP contribution is 2.00. The van der Waals surface area contributed by atoms with Gasteiger partial charge >= 0.3 is 5.97 Å². The molecule has 0 aliphatic carbocycles. The van der Waals surface area contributed by atoms with E-state index in [0.717, 1.165) is 32.8 Å². The van der Waals surface area contributed by atoms with Crippen molar-refractivity contribution < 1.29 is 14.3 Å². The number of esters is 1. The second-order valence-electron chi connectivity index (χ2n) is 4.40. The molecule has 0 amide bonds. The lowest BCUT2D eigenvalue weighted by molar-refractivity contribution is 0.0362. The fraction of sp³-hybridized carbons (Fsp3) is 0.538. The Morgan fingerprint density at radius 2 is 2.05 bits per heavy atom. The van der Waals surface area contributed by atoms with E-state index in [1.54, 1.807) is 10.8 Å². The topological polar surface area (TPSA) is 60.8 Å². The molecule has 2 rings (SSSR count). The Morgan fingerprint density at radius 1 is 1.32 bits per heavy atom. The van der Waals surface area contributed by atoms with Crippen LogP contribution in [0.2, 0.25) is 0 Å². The molecule has 1 saturated heterocycles. The highest BCUT2D eigenvalue weighted by atomic mass is 16.5. The number of aromatic nitrogens is 1. The molecule has 0 saturated carbocycles. The van der Waals surface area contributed by atoms with Crippen molar-refractivity contribution in [2.75, 3.05) is 40.0 Å². The molecule has 0 radical (unpaired) electrons. The minimum absolute atomic E-state index is 0.110. The van der Waals surface area contributed by atoms with Crippen molar-refractivity contribution in [3.63, 3.8) is 0 Å². The summed E-state index contributed by atoms with van der Waals surface area (Å²) in [6.45, 7) is 4.56. The first kappa shape index (κ1) is 13.8. The minimum atomic E-state index is -0.430. The quantitative estimate of drug-likeness (QED) is 0.716. The van der Waals surface area contributed by atoms with Crippen molar-refractivity contribution in [3.8, 4) is 0 Å². The average Bonchev–Trinajstić information content (AvgIpc) is 2.46. The van der Waals surface area contributed by atoms with Gasteiger partial charge in [-0.2, -0.15) is 0 Å². The molecule has 0 atom stereocenters. The summed E-state index contributed by atoms with van der Waals surface area (Å²) < 4.78 is 11.5. The van der Waals surface area contributed by atoms with E-state index >= 15 is 0 Å². The molecular weight excluding hydrogens is 248 g/mol. The SMILES string of the molecule is COC(=O)c1ccc(=O)n(CCN2CCOCC2)c1. The van der Waals surface area contributed by atoms with Crippen LogP contribution in [0.5, 0.6) is 0 Å². The zero-order valence-electron chi connectivity index (χ0n) is 11.0. The van der Waals surface area contributed by atoms with Gasteiger partial charge in [0.2, 0.25) is 0 Å². The lowest BCUT2D eigenvalue weighted by Gasteiger charge is -2.26. The van der Waals surface area contributed by atoms with E-state index in [0.29, 0.717) is 12.1 Å². The predicted octanol–water partition coefficient (Wildman–Crippen LogP) is -0.0329. The third-order valence-corrected chi connectivity index (χ3v) is 3.17. The Bertz CT molecular complexity index is 492. The van der Waals surface area contributed by atoms with Gasteiger partial charge in [0.25, 0.3) is 5.56 Å². The smallest absolute Gasteiger partial charge is 0.339 e. The molecule has 104 valence electrons. The van der Waals surface area contributed by atoms with Crippen LogP contribution in [0.15, 0.2) is 23.1 Å². The number of hydrogen-bond donors (Lipinski definition) is 0. The summed E-state index contributed by atoms with van der Waals surface area (Å²) in [5.74, 6) is -0.430. The number of morpholine rings is 1. The summed E-state index contributed by atoms with van der Waals surface area (Å²) in [4.78, 5) is 25.4. The first-order valence-electron chi connectivity index (χ1n) is 6.29. The molecule has 1 fully saturated rings. The zero-order valence-corrected chi connectivity index (χ0v) is 11.0. The van der Waals surface area contributed by atoms with Crippen molar-refractivity contribution in [1.82, 2.24) is 9.47 Å². The highest BCUT2D eigenvalue weighted by Gasteiger charge is 2.11. The van der Waals surface area contributed by atoms with E-state index < -0.39 is 5.97 Å². The van der Waals surface area contributed by atoms with Gasteiger partial charge in [0.1, 0.15) is 0 Å². The van der Waals surface area contributed by atoms with Crippen LogP contribution in [-0.2, 0) is 16.0 Å². The summed E-state index contributed by atoms with van der Waals surface area (Å²) in [5, 5.41) is 0. The summed E-state index contributed by atoms with van der Waals surface area (Å²) in [6, 6.07) is 2.88. The van der Waals surface area contributed by atoms with Crippen LogP contribution in [0.4, 0.5) is 0 Å². The number of rotatable bonds is 4. The summed E-state index contributed by atoms with van der Waals surface area (Å²) >= 11 is 0. The molecule has 6 heteroatoms. The normalized spacial score (nSPS) is 16.3. The van der Waals surface area contributed by atoms with E-state index in [-0.39, 0.29) is 5.56 Å². The highest BCUT2D eigenvalue weighted by molar-refractivity contribution is 5.88. The summed E-state index contributed by atoms with van der Waals surface area (Å²) in [6.07, 6.45) is 1.55. The van der Waals surface area contributed by atoms with Crippen molar-refractivity contribution >= 4 is 5.97 Å². The van der Waals surface area contributed by atoms with E-state index in [2.05, 4.69) is 9.64 Å².